The lowest BCUT2D eigenvalue weighted by Crippen LogP contribution is -2.55. The fraction of sp³-hybridized carbons (Fsp3) is 0.429. The van der Waals surface area contributed by atoms with Gasteiger partial charge in [0, 0.05) is 0 Å². The molecule has 0 bridgehead atoms. The molecular weight excluding hydrogens is 316 g/mol. The van der Waals surface area contributed by atoms with Crippen LogP contribution in [0.25, 0.3) is 0 Å². The third kappa shape index (κ3) is 3.07. The van der Waals surface area contributed by atoms with Crippen molar-refractivity contribution in [2.75, 3.05) is 12.9 Å². The molecule has 8 heteroatoms. The Kier molecular flexibility index (Phi) is 5.02. The zero-order chi connectivity index (χ0) is 16.3. The van der Waals surface area contributed by atoms with Crippen LogP contribution < -0.4 is 0 Å². The van der Waals surface area contributed by atoms with Gasteiger partial charge in [0.25, 0.3) is 6.43 Å². The Balaban J connectivity index is 2.25. The highest BCUT2D eigenvalue weighted by Gasteiger charge is 2.59. The van der Waals surface area contributed by atoms with Crippen LogP contribution in [0.15, 0.2) is 34.2 Å². The molecule has 0 fully saturated rings. The number of ether oxygens (including phenoxy) is 2. The molecule has 22 heavy (non-hydrogen) atoms. The zero-order valence-electron chi connectivity index (χ0n) is 12.0. The van der Waals surface area contributed by atoms with Crippen LogP contribution in [0, 0.1) is 6.92 Å². The van der Waals surface area contributed by atoms with E-state index in [0.29, 0.717) is 4.90 Å². The number of carbonyl (C=O) groups is 1. The lowest BCUT2D eigenvalue weighted by molar-refractivity contribution is -0.152. The number of methoxy groups -OCH3 is 1. The van der Waals surface area contributed by atoms with Crippen LogP contribution >= 0.6 is 0 Å². The van der Waals surface area contributed by atoms with Gasteiger partial charge in [0.15, 0.2) is 17.0 Å². The first-order chi connectivity index (χ1) is 10.4. The second-order valence-electron chi connectivity index (χ2n) is 4.86. The van der Waals surface area contributed by atoms with E-state index in [4.69, 9.17) is 4.74 Å². The topological polar surface area (TPSA) is 71.0 Å². The molecule has 3 atom stereocenters. The Morgan fingerprint density at radius 3 is 2.68 bits per heavy atom. The van der Waals surface area contributed by atoms with Crippen LogP contribution in [0.1, 0.15) is 5.56 Å². The van der Waals surface area contributed by atoms with Crippen molar-refractivity contribution in [2.24, 2.45) is 4.99 Å². The van der Waals surface area contributed by atoms with Crippen LogP contribution in [0.3, 0.4) is 0 Å². The van der Waals surface area contributed by atoms with Gasteiger partial charge in [-0.25, -0.2) is 18.6 Å². The van der Waals surface area contributed by atoms with Crippen LogP contribution in [-0.4, -0.2) is 47.9 Å². The monoisotopic (exact) mass is 331 g/mol. The van der Waals surface area contributed by atoms with Crippen molar-refractivity contribution in [3.05, 3.63) is 29.8 Å². The van der Waals surface area contributed by atoms with Crippen molar-refractivity contribution < 1.29 is 27.6 Å². The molecule has 0 amide bonds. The molecule has 0 saturated heterocycles. The van der Waals surface area contributed by atoms with Gasteiger partial charge >= 0.3 is 5.97 Å². The van der Waals surface area contributed by atoms with Crippen molar-refractivity contribution in [1.29, 1.82) is 0 Å². The van der Waals surface area contributed by atoms with E-state index in [9.17, 15) is 18.1 Å². The number of hydrogen-bond donors (Lipinski definition) is 0. The Hall–Kier alpha value is -1.67. The quantitative estimate of drug-likeness (QED) is 0.608. The summed E-state index contributed by atoms with van der Waals surface area (Å²) in [4.78, 5) is 15.6. The van der Waals surface area contributed by atoms with E-state index in [-0.39, 0.29) is 0 Å². The average Bonchev–Trinajstić information content (AvgIpc) is 2.92. The van der Waals surface area contributed by atoms with Crippen molar-refractivity contribution in [2.45, 2.75) is 29.9 Å². The fourth-order valence-electron chi connectivity index (χ4n) is 2.08. The number of hydrogen-bond acceptors (Lipinski definition) is 5. The maximum atomic E-state index is 13.5. The molecule has 1 aromatic carbocycles. The van der Waals surface area contributed by atoms with Gasteiger partial charge in [-0.2, -0.15) is 0 Å². The van der Waals surface area contributed by atoms with E-state index >= 15 is 0 Å². The van der Waals surface area contributed by atoms with Crippen LogP contribution in [0.4, 0.5) is 8.78 Å². The van der Waals surface area contributed by atoms with E-state index in [1.54, 1.807) is 24.3 Å². The highest BCUT2D eigenvalue weighted by Crippen LogP contribution is 2.34. The Bertz CT molecular complexity index is 566. The third-order valence-electron chi connectivity index (χ3n) is 3.38. The zero-order valence-corrected chi connectivity index (χ0v) is 12.8. The minimum atomic E-state index is -3.05. The summed E-state index contributed by atoms with van der Waals surface area (Å²) in [5.74, 6) is -1.51. The number of aliphatic imine (C=N–C) groups is 1. The van der Waals surface area contributed by atoms with Gasteiger partial charge in [-0.3, -0.25) is 0 Å². The van der Waals surface area contributed by atoms with Crippen LogP contribution in [0.5, 0.6) is 0 Å². The summed E-state index contributed by atoms with van der Waals surface area (Å²) in [6, 6.07) is 5.10. The number of benzene rings is 1. The van der Waals surface area contributed by atoms with Gasteiger partial charge < -0.3 is 14.0 Å². The third-order valence-corrected chi connectivity index (χ3v) is 4.89. The predicted octanol–water partition coefficient (Wildman–Crippen LogP) is 1.71. The Morgan fingerprint density at radius 1 is 1.50 bits per heavy atom. The first kappa shape index (κ1) is 16.7. The van der Waals surface area contributed by atoms with Crippen molar-refractivity contribution in [3.63, 3.8) is 0 Å². The normalized spacial score (nSPS) is 25.1. The highest BCUT2D eigenvalue weighted by atomic mass is 32.2. The summed E-state index contributed by atoms with van der Waals surface area (Å²) in [6.45, 7) is 1.86. The van der Waals surface area contributed by atoms with Crippen LogP contribution in [0.2, 0.25) is 0 Å². The molecule has 5 nitrogen and oxygen atoms in total. The van der Waals surface area contributed by atoms with E-state index < -0.39 is 41.0 Å². The Morgan fingerprint density at radius 2 is 2.14 bits per heavy atom. The average molecular weight is 331 g/mol. The van der Waals surface area contributed by atoms with Gasteiger partial charge in [0.2, 0.25) is 11.6 Å². The maximum Gasteiger partial charge on any atom is 0.335 e. The summed E-state index contributed by atoms with van der Waals surface area (Å²) in [6.07, 6.45) is -2.26. The molecule has 0 aromatic heterocycles. The number of esters is 1. The smallest absolute Gasteiger partial charge is 0.335 e. The molecule has 1 heterocycles. The summed E-state index contributed by atoms with van der Waals surface area (Å²) in [5, 5.41) is 0. The van der Waals surface area contributed by atoms with Gasteiger partial charge in [0.05, 0.1) is 7.11 Å². The lowest BCUT2D eigenvalue weighted by atomic mass is 9.98. The number of aryl methyl sites for hydroxylation is 1. The highest BCUT2D eigenvalue weighted by molar-refractivity contribution is 7.91. The number of halogens is 2. The molecule has 1 aliphatic rings. The van der Waals surface area contributed by atoms with Crippen molar-refractivity contribution in [3.8, 4) is 0 Å². The van der Waals surface area contributed by atoms with Crippen molar-refractivity contribution >= 4 is 23.5 Å². The fourth-order valence-corrected chi connectivity index (χ4v) is 3.44. The minimum absolute atomic E-state index is 0.379. The molecule has 0 aliphatic carbocycles. The first-order valence-corrected chi connectivity index (χ1v) is 7.73. The number of carbonyl (C=O) groups excluding carboxylic acids is 1. The summed E-state index contributed by atoms with van der Waals surface area (Å²) < 4.78 is 48.8. The minimum Gasteiger partial charge on any atom is -0.611 e. The molecule has 2 rings (SSSR count). The molecule has 1 aromatic rings. The van der Waals surface area contributed by atoms with Gasteiger partial charge in [-0.15, -0.1) is 0 Å². The molecular formula is C14H15F2NO4S. The predicted molar refractivity (Wildman–Crippen MR) is 76.6 cm³/mol. The van der Waals surface area contributed by atoms with Crippen LogP contribution in [-0.2, 0) is 25.4 Å². The summed E-state index contributed by atoms with van der Waals surface area (Å²) >= 11 is -1.77. The number of alkyl halides is 2. The lowest BCUT2D eigenvalue weighted by Gasteiger charge is -2.30. The molecule has 0 unspecified atom stereocenters. The standard InChI is InChI=1S/C14H15F2NO4S/c1-9-3-5-10(6-4-9)22(19)7-14(13(15)16)11(12(18)20-2)17-8-21-14/h3-6,8,11,13H,7H2,1-2H3/t11-,14+,22+/m1/s1. The van der Waals surface area contributed by atoms with Gasteiger partial charge in [-0.05, 0) is 30.2 Å². The molecule has 0 spiro atoms. The number of nitrogens with zero attached hydrogens (tertiary/aromatic N) is 1. The van der Waals surface area contributed by atoms with E-state index in [2.05, 4.69) is 9.73 Å². The molecule has 1 aliphatic heterocycles. The molecule has 120 valence electrons. The van der Waals surface area contributed by atoms with E-state index in [1.165, 1.54) is 0 Å². The largest absolute Gasteiger partial charge is 0.611 e. The van der Waals surface area contributed by atoms with E-state index in [0.717, 1.165) is 19.1 Å². The summed E-state index contributed by atoms with van der Waals surface area (Å²) in [5.41, 5.74) is -1.32. The Labute approximate surface area is 129 Å². The van der Waals surface area contributed by atoms with E-state index in [1.807, 2.05) is 6.92 Å². The van der Waals surface area contributed by atoms with Gasteiger partial charge in [-0.1, -0.05) is 17.7 Å². The van der Waals surface area contributed by atoms with Gasteiger partial charge in [0.1, 0.15) is 0 Å². The summed E-state index contributed by atoms with van der Waals surface area (Å²) in [7, 11) is 1.07. The van der Waals surface area contributed by atoms with Crippen molar-refractivity contribution in [1.82, 2.24) is 0 Å². The number of rotatable bonds is 5. The molecule has 0 N–H and O–H groups in total. The first-order valence-electron chi connectivity index (χ1n) is 6.41. The second kappa shape index (κ2) is 6.62. The molecule has 0 saturated carbocycles. The molecule has 0 radical (unpaired) electrons. The SMILES string of the molecule is COC(=O)[C@H]1N=CO[C@]1(C[S@+]([O-])c1ccc(C)cc1)C(F)F. The second-order valence-corrected chi connectivity index (χ2v) is 6.31. The maximum absolute atomic E-state index is 13.5.